The minimum Gasteiger partial charge on any atom is -0.490 e. The fourth-order valence-corrected chi connectivity index (χ4v) is 3.05. The zero-order chi connectivity index (χ0) is 22.8. The molecule has 2 aromatic rings. The third kappa shape index (κ3) is 6.83. The number of ether oxygens (including phenoxy) is 3. The molecule has 2 rings (SSSR count). The maximum Gasteiger partial charge on any atom is 0.344 e. The Hall–Kier alpha value is -3.38. The molecule has 2 aromatic carbocycles. The molecule has 0 radical (unpaired) electrons. The summed E-state index contributed by atoms with van der Waals surface area (Å²) in [4.78, 5) is 24.0. The van der Waals surface area contributed by atoms with E-state index in [1.165, 1.54) is 24.3 Å². The lowest BCUT2D eigenvalue weighted by atomic mass is 10.1. The van der Waals surface area contributed by atoms with Gasteiger partial charge in [-0.15, -0.1) is 0 Å². The Morgan fingerprint density at radius 1 is 1.19 bits per heavy atom. The van der Waals surface area contributed by atoms with E-state index in [1.54, 1.807) is 32.0 Å². The third-order valence-electron chi connectivity index (χ3n) is 3.77. The Morgan fingerprint density at radius 2 is 1.94 bits per heavy atom. The summed E-state index contributed by atoms with van der Waals surface area (Å²) in [5.74, 6) is -1.32. The van der Waals surface area contributed by atoms with Gasteiger partial charge in [0.1, 0.15) is 17.5 Å². The van der Waals surface area contributed by atoms with E-state index in [0.29, 0.717) is 22.4 Å². The second-order valence-corrected chi connectivity index (χ2v) is 6.81. The van der Waals surface area contributed by atoms with Crippen molar-refractivity contribution in [1.29, 1.82) is 5.26 Å². The number of benzene rings is 2. The maximum atomic E-state index is 13.8. The van der Waals surface area contributed by atoms with Crippen LogP contribution in [0.3, 0.4) is 0 Å². The normalized spacial score (nSPS) is 10.7. The van der Waals surface area contributed by atoms with Crippen molar-refractivity contribution in [3.05, 3.63) is 57.8 Å². The summed E-state index contributed by atoms with van der Waals surface area (Å²) in [7, 11) is 0. The van der Waals surface area contributed by atoms with Gasteiger partial charge in [0.15, 0.2) is 18.1 Å². The number of nitriles is 1. The van der Waals surface area contributed by atoms with Crippen LogP contribution in [0.4, 0.5) is 10.1 Å². The highest BCUT2D eigenvalue weighted by atomic mass is 79.9. The number of nitrogens with one attached hydrogen (secondary N) is 1. The number of hydrogen-bond acceptors (Lipinski definition) is 6. The fraction of sp³-hybridized carbons (Fsp3) is 0.227. The lowest BCUT2D eigenvalue weighted by Crippen LogP contribution is -2.15. The number of amides is 1. The summed E-state index contributed by atoms with van der Waals surface area (Å²) in [5.41, 5.74) is 0.185. The second kappa shape index (κ2) is 11.7. The first-order chi connectivity index (χ1) is 14.9. The molecule has 1 amide bonds. The summed E-state index contributed by atoms with van der Waals surface area (Å²) < 4.78 is 30.1. The predicted octanol–water partition coefficient (Wildman–Crippen LogP) is 4.47. The molecule has 0 fully saturated rings. The Kier molecular flexibility index (Phi) is 9.03. The van der Waals surface area contributed by atoms with Gasteiger partial charge in [0.25, 0.3) is 5.91 Å². The van der Waals surface area contributed by atoms with Crippen LogP contribution in [0.2, 0.25) is 0 Å². The zero-order valence-corrected chi connectivity index (χ0v) is 18.5. The van der Waals surface area contributed by atoms with Crippen LogP contribution < -0.4 is 14.8 Å². The molecule has 7 nitrogen and oxygen atoms in total. The van der Waals surface area contributed by atoms with Crippen molar-refractivity contribution in [1.82, 2.24) is 0 Å². The van der Waals surface area contributed by atoms with Crippen LogP contribution in [0.25, 0.3) is 6.08 Å². The first-order valence-electron chi connectivity index (χ1n) is 9.32. The first kappa shape index (κ1) is 23.9. The van der Waals surface area contributed by atoms with E-state index < -0.39 is 17.7 Å². The number of halogens is 2. The highest BCUT2D eigenvalue weighted by Gasteiger charge is 2.16. The van der Waals surface area contributed by atoms with E-state index in [-0.39, 0.29) is 30.2 Å². The minimum absolute atomic E-state index is 0.0347. The molecule has 0 atom stereocenters. The number of esters is 1. The van der Waals surface area contributed by atoms with Crippen LogP contribution in [-0.4, -0.2) is 31.7 Å². The average molecular weight is 491 g/mol. The number of nitrogens with zero attached hydrogens (tertiary/aromatic N) is 1. The van der Waals surface area contributed by atoms with E-state index in [4.69, 9.17) is 14.2 Å². The third-order valence-corrected chi connectivity index (χ3v) is 4.36. The molecule has 31 heavy (non-hydrogen) atoms. The van der Waals surface area contributed by atoms with Gasteiger partial charge >= 0.3 is 5.97 Å². The minimum atomic E-state index is -0.760. The number of para-hydroxylation sites is 1. The Labute approximate surface area is 187 Å². The molecule has 162 valence electrons. The molecule has 0 aliphatic carbocycles. The lowest BCUT2D eigenvalue weighted by Gasteiger charge is -2.14. The number of rotatable bonds is 9. The van der Waals surface area contributed by atoms with Gasteiger partial charge in [0.05, 0.1) is 23.4 Å². The smallest absolute Gasteiger partial charge is 0.344 e. The molecular formula is C22H20BrFN2O5. The van der Waals surface area contributed by atoms with Crippen LogP contribution in [0.1, 0.15) is 19.4 Å². The molecule has 0 unspecified atom stereocenters. The van der Waals surface area contributed by atoms with Gasteiger partial charge < -0.3 is 19.5 Å². The summed E-state index contributed by atoms with van der Waals surface area (Å²) >= 11 is 3.35. The molecule has 0 aromatic heterocycles. The number of carbonyl (C=O) groups excluding carboxylic acids is 2. The van der Waals surface area contributed by atoms with Crippen LogP contribution in [0, 0.1) is 17.1 Å². The standard InChI is InChI=1S/C22H20BrFN2O5/c1-3-29-19-11-14(10-16(23)21(19)31-13-20(27)30-4-2)9-15(12-25)22(28)26-18-8-6-5-7-17(18)24/h5-11H,3-4,13H2,1-2H3,(H,26,28)/b15-9+. The summed E-state index contributed by atoms with van der Waals surface area (Å²) in [5, 5.41) is 11.8. The highest BCUT2D eigenvalue weighted by Crippen LogP contribution is 2.37. The van der Waals surface area contributed by atoms with E-state index >= 15 is 0 Å². The molecule has 0 aliphatic rings. The van der Waals surface area contributed by atoms with Crippen LogP contribution in [0.5, 0.6) is 11.5 Å². The molecule has 0 bridgehead atoms. The van der Waals surface area contributed by atoms with E-state index in [2.05, 4.69) is 21.2 Å². The van der Waals surface area contributed by atoms with Crippen molar-refractivity contribution in [3.8, 4) is 17.6 Å². The van der Waals surface area contributed by atoms with Gasteiger partial charge in [-0.3, -0.25) is 4.79 Å². The van der Waals surface area contributed by atoms with E-state index in [0.717, 1.165) is 0 Å². The van der Waals surface area contributed by atoms with E-state index in [9.17, 15) is 19.2 Å². The van der Waals surface area contributed by atoms with Crippen molar-refractivity contribution in [2.24, 2.45) is 0 Å². The monoisotopic (exact) mass is 490 g/mol. The maximum absolute atomic E-state index is 13.8. The van der Waals surface area contributed by atoms with Gasteiger partial charge in [0.2, 0.25) is 0 Å². The SMILES string of the molecule is CCOC(=O)COc1c(Br)cc(/C=C(\C#N)C(=O)Nc2ccccc2F)cc1OCC. The molecular weight excluding hydrogens is 471 g/mol. The summed E-state index contributed by atoms with van der Waals surface area (Å²) in [6.07, 6.45) is 1.33. The Bertz CT molecular complexity index is 1030. The van der Waals surface area contributed by atoms with E-state index in [1.807, 2.05) is 6.07 Å². The quantitative estimate of drug-likeness (QED) is 0.316. The molecule has 1 N–H and O–H groups in total. The summed E-state index contributed by atoms with van der Waals surface area (Å²) in [6.45, 7) is 3.70. The molecule has 9 heteroatoms. The number of carbonyl (C=O) groups is 2. The van der Waals surface area contributed by atoms with Crippen molar-refractivity contribution >= 4 is 39.6 Å². The fourth-order valence-electron chi connectivity index (χ4n) is 2.48. The van der Waals surface area contributed by atoms with Gasteiger partial charge in [-0.1, -0.05) is 12.1 Å². The predicted molar refractivity (Wildman–Crippen MR) is 116 cm³/mol. The van der Waals surface area contributed by atoms with Gasteiger partial charge in [0, 0.05) is 0 Å². The van der Waals surface area contributed by atoms with Gasteiger partial charge in [-0.25, -0.2) is 9.18 Å². The number of anilines is 1. The topological polar surface area (TPSA) is 97.7 Å². The molecule has 0 spiro atoms. The molecule has 0 heterocycles. The van der Waals surface area contributed by atoms with Gasteiger partial charge in [-0.2, -0.15) is 5.26 Å². The zero-order valence-electron chi connectivity index (χ0n) is 16.9. The lowest BCUT2D eigenvalue weighted by molar-refractivity contribution is -0.145. The van der Waals surface area contributed by atoms with Crippen LogP contribution in [0.15, 0.2) is 46.4 Å². The Balaban J connectivity index is 2.30. The van der Waals surface area contributed by atoms with Crippen molar-refractivity contribution in [2.45, 2.75) is 13.8 Å². The van der Waals surface area contributed by atoms with Gasteiger partial charge in [-0.05, 0) is 65.7 Å². The second-order valence-electron chi connectivity index (χ2n) is 5.96. The summed E-state index contributed by atoms with van der Waals surface area (Å²) in [6, 6.07) is 10.6. The van der Waals surface area contributed by atoms with Crippen molar-refractivity contribution in [2.75, 3.05) is 25.1 Å². The first-order valence-corrected chi connectivity index (χ1v) is 10.1. The molecule has 0 saturated heterocycles. The number of hydrogen-bond donors (Lipinski definition) is 1. The Morgan fingerprint density at radius 3 is 2.58 bits per heavy atom. The molecule has 0 saturated carbocycles. The highest BCUT2D eigenvalue weighted by molar-refractivity contribution is 9.10. The molecule has 0 aliphatic heterocycles. The van der Waals surface area contributed by atoms with Crippen LogP contribution in [-0.2, 0) is 14.3 Å². The van der Waals surface area contributed by atoms with Crippen LogP contribution >= 0.6 is 15.9 Å². The average Bonchev–Trinajstić information content (AvgIpc) is 2.73. The van der Waals surface area contributed by atoms with Crippen molar-refractivity contribution in [3.63, 3.8) is 0 Å². The van der Waals surface area contributed by atoms with Crippen molar-refractivity contribution < 1.29 is 28.2 Å². The largest absolute Gasteiger partial charge is 0.490 e.